The standard InChI is InChI=1S/C19H22N10O/c20-27-24-12-17-6-2-1-5-15(17)8-4-10-23-19(13-25-28-21)16-7-3-9-18(11-16)30-14-26-29-22/h1-3,5-7,9,11,19,23H,4,8,10,12-14H2. The van der Waals surface area contributed by atoms with E-state index in [9.17, 15) is 0 Å². The summed E-state index contributed by atoms with van der Waals surface area (Å²) in [4.78, 5) is 8.34. The fourth-order valence-corrected chi connectivity index (χ4v) is 2.97. The Bertz CT molecular complexity index is 959. The molecular formula is C19H22N10O. The Morgan fingerprint density at radius 2 is 1.67 bits per heavy atom. The van der Waals surface area contributed by atoms with E-state index in [0.29, 0.717) is 18.8 Å². The number of hydrogen-bond acceptors (Lipinski definition) is 5. The lowest BCUT2D eigenvalue weighted by atomic mass is 10.0. The Hall–Kier alpha value is -3.87. The van der Waals surface area contributed by atoms with Gasteiger partial charge in [-0.2, -0.15) is 0 Å². The molecule has 2 aromatic carbocycles. The van der Waals surface area contributed by atoms with Crippen molar-refractivity contribution in [2.75, 3.05) is 19.8 Å². The number of rotatable bonds is 13. The van der Waals surface area contributed by atoms with Crippen LogP contribution in [-0.4, -0.2) is 19.8 Å². The van der Waals surface area contributed by atoms with Gasteiger partial charge in [0.15, 0.2) is 6.73 Å². The highest BCUT2D eigenvalue weighted by molar-refractivity contribution is 5.31. The summed E-state index contributed by atoms with van der Waals surface area (Å²) in [7, 11) is 0. The van der Waals surface area contributed by atoms with Crippen molar-refractivity contribution in [1.29, 1.82) is 0 Å². The fraction of sp³-hybridized carbons (Fsp3) is 0.368. The Labute approximate surface area is 173 Å². The lowest BCUT2D eigenvalue weighted by Crippen LogP contribution is -2.25. The quantitative estimate of drug-likeness (QED) is 0.194. The van der Waals surface area contributed by atoms with Gasteiger partial charge in [-0.05, 0) is 64.8 Å². The van der Waals surface area contributed by atoms with Crippen LogP contribution in [-0.2, 0) is 13.0 Å². The van der Waals surface area contributed by atoms with Gasteiger partial charge in [0.2, 0.25) is 0 Å². The van der Waals surface area contributed by atoms with Crippen molar-refractivity contribution in [3.05, 3.63) is 96.5 Å². The maximum atomic E-state index is 8.71. The number of nitrogens with zero attached hydrogens (tertiary/aromatic N) is 9. The molecule has 1 N–H and O–H groups in total. The highest BCUT2D eigenvalue weighted by Crippen LogP contribution is 2.20. The highest BCUT2D eigenvalue weighted by Gasteiger charge is 2.11. The predicted octanol–water partition coefficient (Wildman–Crippen LogP) is 5.72. The van der Waals surface area contributed by atoms with Crippen LogP contribution < -0.4 is 10.1 Å². The van der Waals surface area contributed by atoms with E-state index in [0.717, 1.165) is 29.5 Å². The summed E-state index contributed by atoms with van der Waals surface area (Å²) in [6.45, 7) is 1.20. The maximum absolute atomic E-state index is 8.71. The third kappa shape index (κ3) is 7.63. The first-order valence-electron chi connectivity index (χ1n) is 9.34. The van der Waals surface area contributed by atoms with Crippen LogP contribution in [0, 0.1) is 0 Å². The number of aryl methyl sites for hydroxylation is 1. The molecule has 11 heteroatoms. The molecule has 0 aliphatic rings. The van der Waals surface area contributed by atoms with Crippen molar-refractivity contribution in [2.45, 2.75) is 25.4 Å². The molecule has 0 fully saturated rings. The molecule has 0 bridgehead atoms. The third-order valence-corrected chi connectivity index (χ3v) is 4.38. The number of ether oxygens (including phenoxy) is 1. The molecule has 30 heavy (non-hydrogen) atoms. The van der Waals surface area contributed by atoms with E-state index in [1.165, 1.54) is 0 Å². The molecule has 0 aliphatic heterocycles. The average molecular weight is 406 g/mol. The summed E-state index contributed by atoms with van der Waals surface area (Å²) < 4.78 is 5.38. The Morgan fingerprint density at radius 1 is 0.900 bits per heavy atom. The lowest BCUT2D eigenvalue weighted by Gasteiger charge is -2.18. The van der Waals surface area contributed by atoms with Gasteiger partial charge in [0.1, 0.15) is 5.75 Å². The maximum Gasteiger partial charge on any atom is 0.167 e. The van der Waals surface area contributed by atoms with E-state index in [-0.39, 0.29) is 19.3 Å². The molecule has 0 saturated carbocycles. The average Bonchev–Trinajstić information content (AvgIpc) is 2.78. The van der Waals surface area contributed by atoms with Crippen LogP contribution in [0.5, 0.6) is 5.75 Å². The van der Waals surface area contributed by atoms with Crippen LogP contribution in [0.3, 0.4) is 0 Å². The molecule has 0 amide bonds. The lowest BCUT2D eigenvalue weighted by molar-refractivity contribution is 0.328. The first kappa shape index (κ1) is 22.4. The van der Waals surface area contributed by atoms with Crippen molar-refractivity contribution in [2.24, 2.45) is 15.3 Å². The molecule has 0 spiro atoms. The summed E-state index contributed by atoms with van der Waals surface area (Å²) in [6, 6.07) is 15.0. The molecule has 0 heterocycles. The van der Waals surface area contributed by atoms with Gasteiger partial charge in [-0.15, -0.1) is 0 Å². The minimum atomic E-state index is -0.178. The first-order chi connectivity index (χ1) is 14.8. The van der Waals surface area contributed by atoms with Gasteiger partial charge in [-0.3, -0.25) is 0 Å². The molecule has 2 aromatic rings. The van der Waals surface area contributed by atoms with Crippen molar-refractivity contribution >= 4 is 0 Å². The molecule has 2 rings (SSSR count). The molecule has 154 valence electrons. The SMILES string of the molecule is [N-]=[N+]=NCOc1cccc(C(CN=[N+]=[N-])NCCCc2ccccc2CN=[N+]=[N-])c1. The largest absolute Gasteiger partial charge is 0.488 e. The van der Waals surface area contributed by atoms with E-state index >= 15 is 0 Å². The van der Waals surface area contributed by atoms with E-state index in [4.69, 9.17) is 21.3 Å². The molecule has 0 aromatic heterocycles. The van der Waals surface area contributed by atoms with E-state index in [2.05, 4.69) is 35.4 Å². The second kappa shape index (κ2) is 13.3. The van der Waals surface area contributed by atoms with Gasteiger partial charge in [0, 0.05) is 27.3 Å². The van der Waals surface area contributed by atoms with Gasteiger partial charge in [0.05, 0.1) is 6.54 Å². The second-order valence-corrected chi connectivity index (χ2v) is 6.26. The Morgan fingerprint density at radius 3 is 2.43 bits per heavy atom. The number of hydrogen-bond donors (Lipinski definition) is 1. The second-order valence-electron chi connectivity index (χ2n) is 6.26. The summed E-state index contributed by atoms with van der Waals surface area (Å²) in [5, 5.41) is 14.1. The van der Waals surface area contributed by atoms with Crippen molar-refractivity contribution in [1.82, 2.24) is 5.32 Å². The van der Waals surface area contributed by atoms with E-state index in [1.807, 2.05) is 42.5 Å². The summed E-state index contributed by atoms with van der Waals surface area (Å²) in [5.41, 5.74) is 28.7. The van der Waals surface area contributed by atoms with Gasteiger partial charge >= 0.3 is 0 Å². The molecule has 0 radical (unpaired) electrons. The predicted molar refractivity (Wildman–Crippen MR) is 113 cm³/mol. The van der Waals surface area contributed by atoms with Crippen molar-refractivity contribution < 1.29 is 4.74 Å². The molecule has 0 aliphatic carbocycles. The minimum absolute atomic E-state index is 0.0936. The van der Waals surface area contributed by atoms with Crippen LogP contribution in [0.25, 0.3) is 31.3 Å². The molecule has 11 nitrogen and oxygen atoms in total. The minimum Gasteiger partial charge on any atom is -0.488 e. The van der Waals surface area contributed by atoms with Gasteiger partial charge in [-0.25, -0.2) is 0 Å². The Balaban J connectivity index is 1.97. The summed E-state index contributed by atoms with van der Waals surface area (Å²) >= 11 is 0. The van der Waals surface area contributed by atoms with Gasteiger partial charge < -0.3 is 10.1 Å². The zero-order valence-electron chi connectivity index (χ0n) is 16.4. The van der Waals surface area contributed by atoms with Gasteiger partial charge in [-0.1, -0.05) is 51.7 Å². The van der Waals surface area contributed by atoms with E-state index in [1.54, 1.807) is 6.07 Å². The number of azide groups is 3. The van der Waals surface area contributed by atoms with Gasteiger partial charge in [0.25, 0.3) is 0 Å². The highest BCUT2D eigenvalue weighted by atomic mass is 16.5. The molecule has 0 saturated heterocycles. The van der Waals surface area contributed by atoms with Crippen LogP contribution in [0.1, 0.15) is 29.2 Å². The van der Waals surface area contributed by atoms with E-state index < -0.39 is 0 Å². The normalized spacial score (nSPS) is 10.8. The summed E-state index contributed by atoms with van der Waals surface area (Å²) in [5.74, 6) is 0.569. The monoisotopic (exact) mass is 406 g/mol. The van der Waals surface area contributed by atoms with Crippen LogP contribution >= 0.6 is 0 Å². The van der Waals surface area contributed by atoms with Crippen LogP contribution in [0.2, 0.25) is 0 Å². The molecule has 1 atom stereocenters. The third-order valence-electron chi connectivity index (χ3n) is 4.38. The number of benzene rings is 2. The van der Waals surface area contributed by atoms with Crippen molar-refractivity contribution in [3.63, 3.8) is 0 Å². The van der Waals surface area contributed by atoms with Crippen LogP contribution in [0.4, 0.5) is 0 Å². The van der Waals surface area contributed by atoms with Crippen molar-refractivity contribution in [3.8, 4) is 5.75 Å². The number of nitrogens with one attached hydrogen (secondary N) is 1. The zero-order chi connectivity index (χ0) is 21.4. The topological polar surface area (TPSA) is 168 Å². The van der Waals surface area contributed by atoms with Crippen LogP contribution in [0.15, 0.2) is 63.9 Å². The fourth-order valence-electron chi connectivity index (χ4n) is 2.97. The summed E-state index contributed by atoms with van der Waals surface area (Å²) in [6.07, 6.45) is 1.68. The molecule has 1 unspecified atom stereocenters. The first-order valence-corrected chi connectivity index (χ1v) is 9.34. The molecular weight excluding hydrogens is 384 g/mol. The zero-order valence-corrected chi connectivity index (χ0v) is 16.4. The smallest absolute Gasteiger partial charge is 0.167 e. The Kier molecular flexibility index (Phi) is 9.96.